The molecule has 0 amide bonds. The Kier molecular flexibility index (Phi) is 10.2. The van der Waals surface area contributed by atoms with Gasteiger partial charge in [-0.2, -0.15) is 0 Å². The number of hydrogen-bond acceptors (Lipinski definition) is 4. The molecule has 0 aliphatic carbocycles. The van der Waals surface area contributed by atoms with Gasteiger partial charge in [0.25, 0.3) is 0 Å². The first-order valence-electron chi connectivity index (χ1n) is 9.93. The van der Waals surface area contributed by atoms with E-state index in [1.165, 1.54) is 5.69 Å². The summed E-state index contributed by atoms with van der Waals surface area (Å²) in [6.07, 6.45) is 3.85. The molecule has 166 valence electrons. The van der Waals surface area contributed by atoms with Gasteiger partial charge in [-0.05, 0) is 29.8 Å². The molecule has 0 unspecified atom stereocenters. The fraction of sp³-hybridized carbons (Fsp3) is 0.304. The number of aromatic nitrogens is 2. The lowest BCUT2D eigenvalue weighted by molar-refractivity contribution is 0.212. The number of aryl methyl sites for hydroxylation is 1. The van der Waals surface area contributed by atoms with Crippen LogP contribution in [0.3, 0.4) is 0 Å². The largest absolute Gasteiger partial charge is 0.490 e. The maximum absolute atomic E-state index is 5.65. The maximum Gasteiger partial charge on any atom is 0.213 e. The normalized spacial score (nSPS) is 10.9. The highest BCUT2D eigenvalue weighted by Crippen LogP contribution is 2.10. The molecule has 0 spiro atoms. The van der Waals surface area contributed by atoms with Crippen LogP contribution < -0.4 is 14.8 Å². The van der Waals surface area contributed by atoms with Gasteiger partial charge in [-0.25, -0.2) is 4.98 Å². The third-order valence-corrected chi connectivity index (χ3v) is 4.62. The number of pyridine rings is 1. The number of para-hydroxylation sites is 1. The molecule has 0 aliphatic rings. The summed E-state index contributed by atoms with van der Waals surface area (Å²) in [5.74, 6) is 2.25. The summed E-state index contributed by atoms with van der Waals surface area (Å²) in [6, 6.07) is 17.7. The molecule has 0 atom stereocenters. The average Bonchev–Trinajstić information content (AvgIpc) is 3.17. The van der Waals surface area contributed by atoms with Gasteiger partial charge in [-0.15, -0.1) is 24.0 Å². The van der Waals surface area contributed by atoms with Gasteiger partial charge in [0.2, 0.25) is 5.88 Å². The summed E-state index contributed by atoms with van der Waals surface area (Å²) in [4.78, 5) is 10.8. The summed E-state index contributed by atoms with van der Waals surface area (Å²) in [5, 5.41) is 3.37. The van der Waals surface area contributed by atoms with Crippen LogP contribution in [-0.2, 0) is 20.1 Å². The molecule has 0 aliphatic heterocycles. The number of guanidine groups is 1. The summed E-state index contributed by atoms with van der Waals surface area (Å²) in [5.41, 5.74) is 2.27. The van der Waals surface area contributed by atoms with Gasteiger partial charge in [0, 0.05) is 51.8 Å². The molecule has 0 fully saturated rings. The van der Waals surface area contributed by atoms with Gasteiger partial charge in [0.15, 0.2) is 5.96 Å². The van der Waals surface area contributed by atoms with Crippen molar-refractivity contribution in [1.29, 1.82) is 0 Å². The van der Waals surface area contributed by atoms with Crippen LogP contribution in [0.4, 0.5) is 0 Å². The monoisotopic (exact) mass is 535 g/mol. The van der Waals surface area contributed by atoms with E-state index in [4.69, 9.17) is 9.47 Å². The van der Waals surface area contributed by atoms with Crippen LogP contribution in [-0.4, -0.2) is 47.7 Å². The molecule has 8 heteroatoms. The number of rotatable bonds is 9. The lowest BCUT2D eigenvalue weighted by Crippen LogP contribution is -2.38. The number of halogens is 1. The van der Waals surface area contributed by atoms with E-state index in [1.54, 1.807) is 7.05 Å². The van der Waals surface area contributed by atoms with Crippen molar-refractivity contribution in [3.8, 4) is 11.6 Å². The first kappa shape index (κ1) is 24.5. The fourth-order valence-electron chi connectivity index (χ4n) is 2.97. The number of nitrogens with one attached hydrogen (secondary N) is 1. The van der Waals surface area contributed by atoms with Gasteiger partial charge >= 0.3 is 0 Å². The zero-order valence-corrected chi connectivity index (χ0v) is 20.5. The predicted molar refractivity (Wildman–Crippen MR) is 134 cm³/mol. The van der Waals surface area contributed by atoms with Crippen molar-refractivity contribution in [2.75, 3.05) is 27.3 Å². The van der Waals surface area contributed by atoms with E-state index in [9.17, 15) is 0 Å². The first-order chi connectivity index (χ1) is 14.7. The van der Waals surface area contributed by atoms with Crippen LogP contribution in [0.5, 0.6) is 11.6 Å². The van der Waals surface area contributed by atoms with Crippen molar-refractivity contribution in [3.05, 3.63) is 78.2 Å². The van der Waals surface area contributed by atoms with Crippen LogP contribution in [0.1, 0.15) is 11.3 Å². The quantitative estimate of drug-likeness (QED) is 0.196. The minimum absolute atomic E-state index is 0. The van der Waals surface area contributed by atoms with Crippen molar-refractivity contribution in [3.63, 3.8) is 0 Å². The Hall–Kier alpha value is -2.75. The van der Waals surface area contributed by atoms with Crippen LogP contribution in [0.2, 0.25) is 0 Å². The van der Waals surface area contributed by atoms with Crippen LogP contribution >= 0.6 is 24.0 Å². The highest BCUT2D eigenvalue weighted by Gasteiger charge is 2.08. The third kappa shape index (κ3) is 7.78. The van der Waals surface area contributed by atoms with Crippen LogP contribution in [0.15, 0.2) is 72.0 Å². The highest BCUT2D eigenvalue weighted by atomic mass is 127. The minimum Gasteiger partial charge on any atom is -0.490 e. The Morgan fingerprint density at radius 2 is 1.84 bits per heavy atom. The molecule has 0 radical (unpaired) electrons. The van der Waals surface area contributed by atoms with Crippen LogP contribution in [0.25, 0.3) is 0 Å². The summed E-state index contributed by atoms with van der Waals surface area (Å²) >= 11 is 0. The summed E-state index contributed by atoms with van der Waals surface area (Å²) < 4.78 is 13.4. The van der Waals surface area contributed by atoms with Crippen molar-refractivity contribution < 1.29 is 9.47 Å². The van der Waals surface area contributed by atoms with E-state index in [0.717, 1.165) is 23.8 Å². The summed E-state index contributed by atoms with van der Waals surface area (Å²) in [6.45, 7) is 2.32. The van der Waals surface area contributed by atoms with Crippen molar-refractivity contribution in [1.82, 2.24) is 19.8 Å². The molecular formula is C23H30IN5O2. The Bertz CT molecular complexity index is 929. The van der Waals surface area contributed by atoms with Gasteiger partial charge in [0.05, 0.1) is 6.54 Å². The Balaban J connectivity index is 0.00000341. The predicted octanol–water partition coefficient (Wildman–Crippen LogP) is 3.70. The topological polar surface area (TPSA) is 63.9 Å². The second-order valence-electron chi connectivity index (χ2n) is 6.88. The lowest BCUT2D eigenvalue weighted by Gasteiger charge is -2.22. The molecule has 31 heavy (non-hydrogen) atoms. The Labute approximate surface area is 201 Å². The Morgan fingerprint density at radius 1 is 1.06 bits per heavy atom. The van der Waals surface area contributed by atoms with Gasteiger partial charge < -0.3 is 24.3 Å². The van der Waals surface area contributed by atoms with Gasteiger partial charge in [0.1, 0.15) is 19.0 Å². The molecule has 1 N–H and O–H groups in total. The molecule has 3 aromatic rings. The van der Waals surface area contributed by atoms with E-state index >= 15 is 0 Å². The smallest absolute Gasteiger partial charge is 0.213 e. The number of hydrogen-bond donors (Lipinski definition) is 1. The molecule has 3 rings (SSSR count). The number of ether oxygens (including phenoxy) is 2. The molecule has 0 bridgehead atoms. The van der Waals surface area contributed by atoms with Gasteiger partial charge in [-0.3, -0.25) is 4.99 Å². The van der Waals surface area contributed by atoms with E-state index in [0.29, 0.717) is 25.6 Å². The number of aliphatic imine (C=N–C) groups is 1. The van der Waals surface area contributed by atoms with E-state index in [2.05, 4.69) is 30.8 Å². The molecule has 2 aromatic heterocycles. The van der Waals surface area contributed by atoms with E-state index < -0.39 is 0 Å². The van der Waals surface area contributed by atoms with Crippen molar-refractivity contribution >= 4 is 29.9 Å². The zero-order chi connectivity index (χ0) is 21.2. The Morgan fingerprint density at radius 3 is 2.48 bits per heavy atom. The van der Waals surface area contributed by atoms with E-state index in [-0.39, 0.29) is 24.0 Å². The molecule has 2 heterocycles. The lowest BCUT2D eigenvalue weighted by atomic mass is 10.3. The molecule has 0 saturated carbocycles. The standard InChI is InChI=1S/C23H29N5O2.HI/c1-24-23(28(3)18-20-8-7-13-27(20)2)26-17-19-11-12-22(25-16-19)30-15-14-29-21-9-5-4-6-10-21;/h4-13,16H,14-15,17-18H2,1-3H3,(H,24,26);1H. The molecule has 0 saturated heterocycles. The molecular weight excluding hydrogens is 505 g/mol. The molecule has 1 aromatic carbocycles. The van der Waals surface area contributed by atoms with Crippen LogP contribution in [0, 0.1) is 0 Å². The second-order valence-corrected chi connectivity index (χ2v) is 6.88. The number of benzene rings is 1. The minimum atomic E-state index is 0. The maximum atomic E-state index is 5.65. The third-order valence-electron chi connectivity index (χ3n) is 4.62. The van der Waals surface area contributed by atoms with Crippen molar-refractivity contribution in [2.24, 2.45) is 12.0 Å². The fourth-order valence-corrected chi connectivity index (χ4v) is 2.97. The first-order valence-corrected chi connectivity index (χ1v) is 9.93. The SMILES string of the molecule is CN=C(NCc1ccc(OCCOc2ccccc2)nc1)N(C)Cc1cccn1C.I. The average molecular weight is 535 g/mol. The highest BCUT2D eigenvalue weighted by molar-refractivity contribution is 14.0. The second kappa shape index (κ2) is 12.8. The zero-order valence-electron chi connectivity index (χ0n) is 18.2. The van der Waals surface area contributed by atoms with Crippen molar-refractivity contribution in [2.45, 2.75) is 13.1 Å². The number of nitrogens with zero attached hydrogens (tertiary/aromatic N) is 4. The molecule has 7 nitrogen and oxygen atoms in total. The van der Waals surface area contributed by atoms with E-state index in [1.807, 2.05) is 75.0 Å². The van der Waals surface area contributed by atoms with Gasteiger partial charge in [-0.1, -0.05) is 24.3 Å². The summed E-state index contributed by atoms with van der Waals surface area (Å²) in [7, 11) is 5.86.